The van der Waals surface area contributed by atoms with Crippen molar-refractivity contribution in [1.29, 1.82) is 0 Å². The molecule has 6 nitrogen and oxygen atoms in total. The van der Waals surface area contributed by atoms with Crippen molar-refractivity contribution >= 4 is 39.7 Å². The van der Waals surface area contributed by atoms with Gasteiger partial charge < -0.3 is 10.3 Å². The van der Waals surface area contributed by atoms with E-state index in [9.17, 15) is 14.4 Å². The SMILES string of the molecule is CC1CCc2[nH]c3c(C(=O)NCCN4C(=O)CSC4=O)cccc3c2C1. The number of benzene rings is 1. The summed E-state index contributed by atoms with van der Waals surface area (Å²) in [6, 6.07) is 5.79. The molecule has 1 aromatic carbocycles. The van der Waals surface area contributed by atoms with Crippen molar-refractivity contribution in [1.82, 2.24) is 15.2 Å². The zero-order chi connectivity index (χ0) is 18.3. The van der Waals surface area contributed by atoms with Crippen molar-refractivity contribution in [2.24, 2.45) is 5.92 Å². The number of fused-ring (bicyclic) bond motifs is 3. The summed E-state index contributed by atoms with van der Waals surface area (Å²) < 4.78 is 0. The first-order valence-corrected chi connectivity index (χ1v) is 9.91. The van der Waals surface area contributed by atoms with Crippen LogP contribution in [-0.2, 0) is 17.6 Å². The van der Waals surface area contributed by atoms with Crippen molar-refractivity contribution in [2.75, 3.05) is 18.8 Å². The van der Waals surface area contributed by atoms with Crippen molar-refractivity contribution in [3.8, 4) is 0 Å². The van der Waals surface area contributed by atoms with E-state index < -0.39 is 0 Å². The van der Waals surface area contributed by atoms with Crippen LogP contribution in [0, 0.1) is 5.92 Å². The average Bonchev–Trinajstić information content (AvgIpc) is 3.15. The summed E-state index contributed by atoms with van der Waals surface area (Å²) in [6.45, 7) is 2.73. The summed E-state index contributed by atoms with van der Waals surface area (Å²) in [5.41, 5.74) is 4.06. The van der Waals surface area contributed by atoms with Gasteiger partial charge >= 0.3 is 0 Å². The summed E-state index contributed by atoms with van der Waals surface area (Å²) in [6.07, 6.45) is 3.22. The predicted molar refractivity (Wildman–Crippen MR) is 101 cm³/mol. The molecule has 1 aliphatic heterocycles. The van der Waals surface area contributed by atoms with Gasteiger partial charge in [-0.1, -0.05) is 30.8 Å². The lowest BCUT2D eigenvalue weighted by Crippen LogP contribution is -2.37. The van der Waals surface area contributed by atoms with Gasteiger partial charge in [0, 0.05) is 24.2 Å². The van der Waals surface area contributed by atoms with E-state index in [0.29, 0.717) is 11.5 Å². The molecule has 136 valence electrons. The molecule has 2 heterocycles. The molecule has 2 N–H and O–H groups in total. The van der Waals surface area contributed by atoms with Gasteiger partial charge in [0.25, 0.3) is 11.1 Å². The van der Waals surface area contributed by atoms with Crippen LogP contribution in [0.5, 0.6) is 0 Å². The van der Waals surface area contributed by atoms with E-state index in [-0.39, 0.29) is 35.9 Å². The summed E-state index contributed by atoms with van der Waals surface area (Å²) in [7, 11) is 0. The average molecular weight is 371 g/mol. The molecule has 0 bridgehead atoms. The number of carbonyl (C=O) groups excluding carboxylic acids is 3. The molecule has 2 aromatic rings. The molecule has 26 heavy (non-hydrogen) atoms. The number of H-pyrrole nitrogens is 1. The molecule has 1 aromatic heterocycles. The van der Waals surface area contributed by atoms with Crippen molar-refractivity contribution < 1.29 is 14.4 Å². The van der Waals surface area contributed by atoms with E-state index in [1.54, 1.807) is 0 Å². The van der Waals surface area contributed by atoms with Crippen LogP contribution in [0.25, 0.3) is 10.9 Å². The number of aryl methyl sites for hydroxylation is 1. The van der Waals surface area contributed by atoms with Crippen LogP contribution in [-0.4, -0.2) is 45.8 Å². The van der Waals surface area contributed by atoms with E-state index in [0.717, 1.165) is 41.9 Å². The lowest BCUT2D eigenvalue weighted by Gasteiger charge is -2.17. The van der Waals surface area contributed by atoms with E-state index in [1.165, 1.54) is 16.2 Å². The highest BCUT2D eigenvalue weighted by atomic mass is 32.2. The Morgan fingerprint density at radius 2 is 2.23 bits per heavy atom. The number of hydrogen-bond acceptors (Lipinski definition) is 4. The van der Waals surface area contributed by atoms with Gasteiger partial charge in [0.15, 0.2) is 0 Å². The molecule has 1 fully saturated rings. The standard InChI is InChI=1S/C19H21N3O3S/c1-11-5-6-15-14(9-11)12-3-2-4-13(17(12)21-15)18(24)20-7-8-22-16(23)10-26-19(22)25/h2-4,11,21H,5-10H2,1H3,(H,20,24). The Hall–Kier alpha value is -2.28. The van der Waals surface area contributed by atoms with E-state index in [1.807, 2.05) is 12.1 Å². The fraction of sp³-hybridized carbons (Fsp3) is 0.421. The Morgan fingerprint density at radius 3 is 3.00 bits per heavy atom. The molecule has 4 rings (SSSR count). The lowest BCUT2D eigenvalue weighted by atomic mass is 9.87. The third-order valence-electron chi connectivity index (χ3n) is 5.18. The number of hydrogen-bond donors (Lipinski definition) is 2. The van der Waals surface area contributed by atoms with Gasteiger partial charge in [0.1, 0.15) is 0 Å². The quantitative estimate of drug-likeness (QED) is 0.866. The number of para-hydroxylation sites is 1. The second-order valence-electron chi connectivity index (χ2n) is 7.01. The smallest absolute Gasteiger partial charge is 0.288 e. The first-order chi connectivity index (χ1) is 12.5. The van der Waals surface area contributed by atoms with Gasteiger partial charge in [-0.2, -0.15) is 0 Å². The molecular formula is C19H21N3O3S. The van der Waals surface area contributed by atoms with Gasteiger partial charge in [0.2, 0.25) is 5.91 Å². The topological polar surface area (TPSA) is 82.3 Å². The molecule has 1 atom stereocenters. The number of aromatic nitrogens is 1. The molecule has 3 amide bonds. The lowest BCUT2D eigenvalue weighted by molar-refractivity contribution is -0.124. The molecule has 2 aliphatic rings. The van der Waals surface area contributed by atoms with Crippen LogP contribution in [0.1, 0.15) is 35.0 Å². The van der Waals surface area contributed by atoms with Crippen LogP contribution in [0.3, 0.4) is 0 Å². The van der Waals surface area contributed by atoms with Gasteiger partial charge in [-0.25, -0.2) is 0 Å². The monoisotopic (exact) mass is 371 g/mol. The Kier molecular flexibility index (Phi) is 4.48. The largest absolute Gasteiger partial charge is 0.358 e. The summed E-state index contributed by atoms with van der Waals surface area (Å²) >= 11 is 1.01. The second-order valence-corrected chi connectivity index (χ2v) is 7.94. The highest BCUT2D eigenvalue weighted by molar-refractivity contribution is 8.14. The normalized spacial score (nSPS) is 19.9. The van der Waals surface area contributed by atoms with E-state index >= 15 is 0 Å². The Morgan fingerprint density at radius 1 is 1.38 bits per heavy atom. The molecule has 0 radical (unpaired) electrons. The predicted octanol–water partition coefficient (Wildman–Crippen LogP) is 2.72. The van der Waals surface area contributed by atoms with Gasteiger partial charge in [-0.05, 0) is 36.8 Å². The highest BCUT2D eigenvalue weighted by Gasteiger charge is 2.29. The van der Waals surface area contributed by atoms with Crippen LogP contribution in [0.15, 0.2) is 18.2 Å². The van der Waals surface area contributed by atoms with Crippen LogP contribution in [0.2, 0.25) is 0 Å². The fourth-order valence-corrected chi connectivity index (χ4v) is 4.53. The number of imide groups is 1. The van der Waals surface area contributed by atoms with Crippen LogP contribution < -0.4 is 5.32 Å². The number of nitrogens with one attached hydrogen (secondary N) is 2. The maximum atomic E-state index is 12.6. The fourth-order valence-electron chi connectivity index (χ4n) is 3.78. The van der Waals surface area contributed by atoms with Gasteiger partial charge in [-0.3, -0.25) is 19.3 Å². The Labute approximate surface area is 155 Å². The van der Waals surface area contributed by atoms with E-state index in [2.05, 4.69) is 23.3 Å². The summed E-state index contributed by atoms with van der Waals surface area (Å²) in [4.78, 5) is 40.5. The molecule has 1 unspecified atom stereocenters. The van der Waals surface area contributed by atoms with E-state index in [4.69, 9.17) is 0 Å². The number of amides is 3. The van der Waals surface area contributed by atoms with Crippen molar-refractivity contribution in [3.63, 3.8) is 0 Å². The summed E-state index contributed by atoms with van der Waals surface area (Å²) in [5.74, 6) is 0.474. The second kappa shape index (κ2) is 6.79. The number of nitrogens with zero attached hydrogens (tertiary/aromatic N) is 1. The van der Waals surface area contributed by atoms with Gasteiger partial charge in [-0.15, -0.1) is 0 Å². The minimum absolute atomic E-state index is 0.186. The molecule has 1 aliphatic carbocycles. The zero-order valence-corrected chi connectivity index (χ0v) is 15.4. The van der Waals surface area contributed by atoms with Gasteiger partial charge in [0.05, 0.1) is 16.8 Å². The first-order valence-electron chi connectivity index (χ1n) is 8.92. The Bertz CT molecular complexity index is 889. The van der Waals surface area contributed by atoms with Crippen molar-refractivity contribution in [2.45, 2.75) is 26.2 Å². The molecule has 1 saturated heterocycles. The molecule has 7 heteroatoms. The number of rotatable bonds is 4. The number of aromatic amines is 1. The highest BCUT2D eigenvalue weighted by Crippen LogP contribution is 2.32. The number of carbonyl (C=O) groups is 3. The minimum Gasteiger partial charge on any atom is -0.358 e. The summed E-state index contributed by atoms with van der Waals surface area (Å²) in [5, 5.41) is 3.72. The number of thioether (sulfide) groups is 1. The zero-order valence-electron chi connectivity index (χ0n) is 14.6. The Balaban J connectivity index is 1.50. The van der Waals surface area contributed by atoms with Crippen LogP contribution >= 0.6 is 11.8 Å². The first kappa shape index (κ1) is 17.1. The third-order valence-corrected chi connectivity index (χ3v) is 6.03. The minimum atomic E-state index is -0.238. The maximum absolute atomic E-state index is 12.6. The molecular weight excluding hydrogens is 350 g/mol. The molecule has 0 saturated carbocycles. The van der Waals surface area contributed by atoms with Crippen LogP contribution in [0.4, 0.5) is 4.79 Å². The molecule has 0 spiro atoms. The maximum Gasteiger partial charge on any atom is 0.288 e. The third kappa shape index (κ3) is 3.00. The van der Waals surface area contributed by atoms with Crippen molar-refractivity contribution in [3.05, 3.63) is 35.0 Å².